The van der Waals surface area contributed by atoms with E-state index in [9.17, 15) is 8.78 Å². The van der Waals surface area contributed by atoms with Crippen LogP contribution in [0.2, 0.25) is 0 Å². The monoisotopic (exact) mass is 281 g/mol. The molecule has 19 heavy (non-hydrogen) atoms. The smallest absolute Gasteiger partial charge is 0.128 e. The molecule has 1 nitrogen and oxygen atoms in total. The van der Waals surface area contributed by atoms with Gasteiger partial charge in [-0.15, -0.1) is 11.3 Å². The Morgan fingerprint density at radius 2 is 2.11 bits per heavy atom. The van der Waals surface area contributed by atoms with Gasteiger partial charge in [-0.05, 0) is 42.6 Å². The minimum Gasteiger partial charge on any atom is -0.310 e. The van der Waals surface area contributed by atoms with Gasteiger partial charge in [0.25, 0.3) is 0 Å². The van der Waals surface area contributed by atoms with Crippen molar-refractivity contribution >= 4 is 11.3 Å². The Balaban J connectivity index is 2.23. The minimum atomic E-state index is -0.397. The molecule has 1 heterocycles. The fourth-order valence-electron chi connectivity index (χ4n) is 2.02. The van der Waals surface area contributed by atoms with E-state index in [1.807, 2.05) is 17.5 Å². The standard InChI is InChI=1S/C15H17F2NS/c1-2-7-18-15(10-12-4-3-8-19-12)13-9-11(16)5-6-14(13)17/h3-6,8-9,15,18H,2,7,10H2,1H3. The molecule has 1 aromatic carbocycles. The average molecular weight is 281 g/mol. The van der Waals surface area contributed by atoms with Crippen LogP contribution in [0.4, 0.5) is 8.78 Å². The molecule has 0 bridgehead atoms. The Kier molecular flexibility index (Phi) is 5.05. The Hall–Kier alpha value is -1.26. The van der Waals surface area contributed by atoms with Crippen molar-refractivity contribution < 1.29 is 8.78 Å². The number of rotatable bonds is 6. The Morgan fingerprint density at radius 1 is 1.26 bits per heavy atom. The van der Waals surface area contributed by atoms with Crippen LogP contribution in [-0.2, 0) is 6.42 Å². The number of thiophene rings is 1. The van der Waals surface area contributed by atoms with Crippen LogP contribution >= 0.6 is 11.3 Å². The van der Waals surface area contributed by atoms with Crippen LogP contribution in [0, 0.1) is 11.6 Å². The average Bonchev–Trinajstić information content (AvgIpc) is 2.90. The van der Waals surface area contributed by atoms with Gasteiger partial charge in [0.2, 0.25) is 0 Å². The second kappa shape index (κ2) is 6.78. The van der Waals surface area contributed by atoms with Gasteiger partial charge in [-0.3, -0.25) is 0 Å². The van der Waals surface area contributed by atoms with E-state index in [1.54, 1.807) is 11.3 Å². The summed E-state index contributed by atoms with van der Waals surface area (Å²) in [6, 6.07) is 7.44. The van der Waals surface area contributed by atoms with Crippen molar-refractivity contribution in [3.05, 3.63) is 57.8 Å². The quantitative estimate of drug-likeness (QED) is 0.832. The van der Waals surface area contributed by atoms with Crippen molar-refractivity contribution in [2.75, 3.05) is 6.54 Å². The van der Waals surface area contributed by atoms with E-state index in [1.165, 1.54) is 12.1 Å². The molecule has 2 aromatic rings. The Labute approximate surface area is 116 Å². The lowest BCUT2D eigenvalue weighted by atomic mass is 10.0. The zero-order valence-electron chi connectivity index (χ0n) is 10.8. The van der Waals surface area contributed by atoms with Crippen LogP contribution < -0.4 is 5.32 Å². The summed E-state index contributed by atoms with van der Waals surface area (Å²) in [5, 5.41) is 5.29. The summed E-state index contributed by atoms with van der Waals surface area (Å²) in [4.78, 5) is 1.16. The number of hydrogen-bond acceptors (Lipinski definition) is 2. The molecule has 2 rings (SSSR count). The van der Waals surface area contributed by atoms with Crippen LogP contribution in [-0.4, -0.2) is 6.54 Å². The number of hydrogen-bond donors (Lipinski definition) is 1. The molecule has 0 aliphatic heterocycles. The molecular formula is C15H17F2NS. The fraction of sp³-hybridized carbons (Fsp3) is 0.333. The van der Waals surface area contributed by atoms with Gasteiger partial charge in [0.05, 0.1) is 0 Å². The summed E-state index contributed by atoms with van der Waals surface area (Å²) < 4.78 is 27.2. The molecule has 0 aliphatic rings. The molecule has 0 radical (unpaired) electrons. The third-order valence-corrected chi connectivity index (χ3v) is 3.86. The largest absolute Gasteiger partial charge is 0.310 e. The van der Waals surface area contributed by atoms with Crippen molar-refractivity contribution in [1.29, 1.82) is 0 Å². The first kappa shape index (κ1) is 14.2. The second-order valence-electron chi connectivity index (χ2n) is 4.46. The maximum Gasteiger partial charge on any atom is 0.128 e. The number of benzene rings is 1. The van der Waals surface area contributed by atoms with Gasteiger partial charge >= 0.3 is 0 Å². The molecule has 1 aromatic heterocycles. The molecule has 1 N–H and O–H groups in total. The van der Waals surface area contributed by atoms with Crippen LogP contribution in [0.3, 0.4) is 0 Å². The van der Waals surface area contributed by atoms with Crippen molar-refractivity contribution in [3.63, 3.8) is 0 Å². The highest BCUT2D eigenvalue weighted by atomic mass is 32.1. The van der Waals surface area contributed by atoms with E-state index in [-0.39, 0.29) is 11.9 Å². The van der Waals surface area contributed by atoms with Crippen molar-refractivity contribution in [3.8, 4) is 0 Å². The molecule has 1 unspecified atom stereocenters. The lowest BCUT2D eigenvalue weighted by molar-refractivity contribution is 0.492. The third-order valence-electron chi connectivity index (χ3n) is 2.96. The maximum atomic E-state index is 13.9. The topological polar surface area (TPSA) is 12.0 Å². The molecule has 0 fully saturated rings. The van der Waals surface area contributed by atoms with E-state index < -0.39 is 5.82 Å². The summed E-state index contributed by atoms with van der Waals surface area (Å²) in [6.07, 6.45) is 1.63. The van der Waals surface area contributed by atoms with Crippen molar-refractivity contribution in [2.45, 2.75) is 25.8 Å². The Morgan fingerprint density at radius 3 is 2.79 bits per heavy atom. The third kappa shape index (κ3) is 3.85. The first-order chi connectivity index (χ1) is 9.20. The molecular weight excluding hydrogens is 264 g/mol. The molecule has 0 saturated heterocycles. The fourth-order valence-corrected chi connectivity index (χ4v) is 2.77. The molecule has 1 atom stereocenters. The zero-order chi connectivity index (χ0) is 13.7. The van der Waals surface area contributed by atoms with Gasteiger partial charge in [0, 0.05) is 22.9 Å². The lowest BCUT2D eigenvalue weighted by Crippen LogP contribution is -2.25. The van der Waals surface area contributed by atoms with E-state index in [0.717, 1.165) is 23.9 Å². The van der Waals surface area contributed by atoms with Gasteiger partial charge in [0.1, 0.15) is 11.6 Å². The van der Waals surface area contributed by atoms with E-state index in [4.69, 9.17) is 0 Å². The summed E-state index contributed by atoms with van der Waals surface area (Å²) in [5.74, 6) is -0.752. The molecule has 4 heteroatoms. The van der Waals surface area contributed by atoms with Gasteiger partial charge in [0.15, 0.2) is 0 Å². The predicted octanol–water partition coefficient (Wildman–Crippen LogP) is 4.31. The minimum absolute atomic E-state index is 0.186. The zero-order valence-corrected chi connectivity index (χ0v) is 11.6. The van der Waals surface area contributed by atoms with E-state index in [2.05, 4.69) is 12.2 Å². The molecule has 102 valence electrons. The SMILES string of the molecule is CCCNC(Cc1cccs1)c1cc(F)ccc1F. The van der Waals surface area contributed by atoms with Gasteiger partial charge in [-0.1, -0.05) is 13.0 Å². The molecule has 0 aliphatic carbocycles. The first-order valence-electron chi connectivity index (χ1n) is 6.41. The van der Waals surface area contributed by atoms with Crippen LogP contribution in [0.5, 0.6) is 0 Å². The van der Waals surface area contributed by atoms with Crippen LogP contribution in [0.15, 0.2) is 35.7 Å². The van der Waals surface area contributed by atoms with Crippen LogP contribution in [0.25, 0.3) is 0 Å². The van der Waals surface area contributed by atoms with Crippen molar-refractivity contribution in [1.82, 2.24) is 5.32 Å². The highest BCUT2D eigenvalue weighted by Crippen LogP contribution is 2.24. The number of nitrogens with one attached hydrogen (secondary N) is 1. The maximum absolute atomic E-state index is 13.9. The summed E-state index contributed by atoms with van der Waals surface area (Å²) in [7, 11) is 0. The van der Waals surface area contributed by atoms with E-state index in [0.29, 0.717) is 12.0 Å². The Bertz CT molecular complexity index is 511. The van der Waals surface area contributed by atoms with Gasteiger partial charge in [-0.25, -0.2) is 8.78 Å². The molecule has 0 spiro atoms. The second-order valence-corrected chi connectivity index (χ2v) is 5.49. The normalized spacial score (nSPS) is 12.6. The van der Waals surface area contributed by atoms with Gasteiger partial charge < -0.3 is 5.32 Å². The summed E-state index contributed by atoms with van der Waals surface area (Å²) in [5.41, 5.74) is 0.404. The van der Waals surface area contributed by atoms with E-state index >= 15 is 0 Å². The highest BCUT2D eigenvalue weighted by molar-refractivity contribution is 7.09. The summed E-state index contributed by atoms with van der Waals surface area (Å²) in [6.45, 7) is 2.84. The predicted molar refractivity (Wildman–Crippen MR) is 75.4 cm³/mol. The number of halogens is 2. The summed E-state index contributed by atoms with van der Waals surface area (Å²) >= 11 is 1.63. The highest BCUT2D eigenvalue weighted by Gasteiger charge is 2.17. The molecule has 0 amide bonds. The lowest BCUT2D eigenvalue weighted by Gasteiger charge is -2.19. The van der Waals surface area contributed by atoms with Gasteiger partial charge in [-0.2, -0.15) is 0 Å². The van der Waals surface area contributed by atoms with Crippen molar-refractivity contribution in [2.24, 2.45) is 0 Å². The molecule has 0 saturated carbocycles. The van der Waals surface area contributed by atoms with Crippen LogP contribution in [0.1, 0.15) is 29.8 Å². The first-order valence-corrected chi connectivity index (χ1v) is 7.29.